The van der Waals surface area contributed by atoms with E-state index >= 15 is 0 Å². The lowest BCUT2D eigenvalue weighted by atomic mass is 9.87. The summed E-state index contributed by atoms with van der Waals surface area (Å²) in [6.45, 7) is 7.54. The molecule has 1 unspecified atom stereocenters. The van der Waals surface area contributed by atoms with Crippen LogP contribution in [0.15, 0.2) is 11.5 Å². The summed E-state index contributed by atoms with van der Waals surface area (Å²) in [5, 5.41) is 7.58. The highest BCUT2D eigenvalue weighted by atomic mass is 16.7. The molecular weight excluding hydrogens is 278 g/mol. The molecule has 9 nitrogen and oxygen atoms in total. The number of nitrogens with zero attached hydrogens (tertiary/aromatic N) is 4. The molecule has 1 rings (SSSR count). The lowest BCUT2D eigenvalue weighted by Crippen LogP contribution is -2.27. The van der Waals surface area contributed by atoms with Gasteiger partial charge in [-0.2, -0.15) is 0 Å². The van der Waals surface area contributed by atoms with E-state index in [1.165, 1.54) is 17.2 Å². The van der Waals surface area contributed by atoms with Crippen molar-refractivity contribution in [3.05, 3.63) is 12.2 Å². The number of nitrogens with two attached hydrogens (primary N) is 1. The molecule has 9 heteroatoms. The number of hydrogen-bond donors (Lipinski definition) is 1. The standard InChI is InChI=1S/C12H19N5O4/c1-5-20-10(18)9-14-7-17(16-9)8(2)12(3,4)6-15-21-11(13)19/h6-8H,5H2,1-4H3,(H2,13,19). The first kappa shape index (κ1) is 16.6. The van der Waals surface area contributed by atoms with Crippen LogP contribution in [0.4, 0.5) is 4.79 Å². The molecule has 0 saturated heterocycles. The Morgan fingerprint density at radius 1 is 1.57 bits per heavy atom. The summed E-state index contributed by atoms with van der Waals surface area (Å²) in [5.74, 6) is -0.586. The Hall–Kier alpha value is -2.45. The third-order valence-electron chi connectivity index (χ3n) is 2.97. The molecule has 2 N–H and O–H groups in total. The van der Waals surface area contributed by atoms with Crippen LogP contribution in [0.3, 0.4) is 0 Å². The number of rotatable bonds is 6. The smallest absolute Gasteiger partial charge is 0.430 e. The van der Waals surface area contributed by atoms with Gasteiger partial charge in [0.1, 0.15) is 6.33 Å². The van der Waals surface area contributed by atoms with Crippen LogP contribution in [-0.4, -0.2) is 39.6 Å². The normalized spacial score (nSPS) is 13.1. The van der Waals surface area contributed by atoms with Crippen molar-refractivity contribution in [2.24, 2.45) is 16.3 Å². The Morgan fingerprint density at radius 3 is 2.81 bits per heavy atom. The summed E-state index contributed by atoms with van der Waals surface area (Å²) in [5.41, 5.74) is 4.30. The highest BCUT2D eigenvalue weighted by molar-refractivity contribution is 5.84. The zero-order valence-corrected chi connectivity index (χ0v) is 12.4. The van der Waals surface area contributed by atoms with Crippen molar-refractivity contribution in [2.75, 3.05) is 6.61 Å². The minimum Gasteiger partial charge on any atom is -0.460 e. The maximum atomic E-state index is 11.5. The van der Waals surface area contributed by atoms with Crippen LogP contribution in [-0.2, 0) is 9.57 Å². The zero-order chi connectivity index (χ0) is 16.0. The van der Waals surface area contributed by atoms with Gasteiger partial charge in [0.25, 0.3) is 5.82 Å². The minimum absolute atomic E-state index is 0.00942. The van der Waals surface area contributed by atoms with Gasteiger partial charge in [-0.15, -0.1) is 5.10 Å². The third-order valence-corrected chi connectivity index (χ3v) is 2.97. The molecule has 0 aliphatic rings. The average Bonchev–Trinajstić information content (AvgIpc) is 2.86. The predicted octanol–water partition coefficient (Wildman–Crippen LogP) is 1.12. The van der Waals surface area contributed by atoms with Crippen molar-refractivity contribution in [3.8, 4) is 0 Å². The number of aromatic nitrogens is 3. The second-order valence-electron chi connectivity index (χ2n) is 4.91. The van der Waals surface area contributed by atoms with Gasteiger partial charge in [0.2, 0.25) is 0 Å². The number of primary amides is 1. The Labute approximate surface area is 122 Å². The first-order chi connectivity index (χ1) is 9.77. The first-order valence-electron chi connectivity index (χ1n) is 6.37. The van der Waals surface area contributed by atoms with Gasteiger partial charge in [0.05, 0.1) is 18.9 Å². The SMILES string of the molecule is CCOC(=O)c1ncn(C(C)C(C)(C)C=NOC(N)=O)n1. The van der Waals surface area contributed by atoms with Crippen LogP contribution >= 0.6 is 0 Å². The molecule has 0 aliphatic heterocycles. The van der Waals surface area contributed by atoms with Crippen molar-refractivity contribution in [3.63, 3.8) is 0 Å². The van der Waals surface area contributed by atoms with E-state index in [9.17, 15) is 9.59 Å². The second kappa shape index (κ2) is 6.82. The molecule has 1 aromatic rings. The number of ether oxygens (including phenoxy) is 1. The van der Waals surface area contributed by atoms with E-state index < -0.39 is 17.5 Å². The van der Waals surface area contributed by atoms with Gasteiger partial charge in [0.15, 0.2) is 0 Å². The summed E-state index contributed by atoms with van der Waals surface area (Å²) in [7, 11) is 0. The molecule has 0 saturated carbocycles. The van der Waals surface area contributed by atoms with Crippen molar-refractivity contribution >= 4 is 18.3 Å². The topological polar surface area (TPSA) is 122 Å². The van der Waals surface area contributed by atoms with Crippen LogP contribution in [0.5, 0.6) is 0 Å². The highest BCUT2D eigenvalue weighted by Crippen LogP contribution is 2.28. The first-order valence-corrected chi connectivity index (χ1v) is 6.37. The van der Waals surface area contributed by atoms with Crippen molar-refractivity contribution in [1.29, 1.82) is 0 Å². The van der Waals surface area contributed by atoms with Gasteiger partial charge in [0, 0.05) is 5.41 Å². The predicted molar refractivity (Wildman–Crippen MR) is 73.6 cm³/mol. The quantitative estimate of drug-likeness (QED) is 0.363. The van der Waals surface area contributed by atoms with E-state index in [0.29, 0.717) is 0 Å². The van der Waals surface area contributed by atoms with Gasteiger partial charge >= 0.3 is 12.1 Å². The second-order valence-corrected chi connectivity index (χ2v) is 4.91. The number of carbonyl (C=O) groups is 2. The van der Waals surface area contributed by atoms with Gasteiger partial charge < -0.3 is 10.5 Å². The summed E-state index contributed by atoms with van der Waals surface area (Å²) in [6, 6.07) is -0.201. The van der Waals surface area contributed by atoms with Crippen LogP contribution < -0.4 is 5.73 Å². The maximum absolute atomic E-state index is 11.5. The van der Waals surface area contributed by atoms with Gasteiger partial charge in [-0.05, 0) is 13.8 Å². The van der Waals surface area contributed by atoms with Gasteiger partial charge in [-0.25, -0.2) is 19.3 Å². The molecular formula is C12H19N5O4. The van der Waals surface area contributed by atoms with E-state index in [-0.39, 0.29) is 18.5 Å². The minimum atomic E-state index is -0.986. The summed E-state index contributed by atoms with van der Waals surface area (Å²) in [4.78, 5) is 30.2. The number of esters is 1. The van der Waals surface area contributed by atoms with E-state index in [2.05, 4.69) is 20.1 Å². The maximum Gasteiger partial charge on any atom is 0.430 e. The van der Waals surface area contributed by atoms with Crippen LogP contribution in [0, 0.1) is 5.41 Å². The Balaban J connectivity index is 2.82. The molecule has 1 aromatic heterocycles. The van der Waals surface area contributed by atoms with E-state index in [1.807, 2.05) is 20.8 Å². The fourth-order valence-electron chi connectivity index (χ4n) is 1.41. The van der Waals surface area contributed by atoms with Crippen molar-refractivity contribution in [1.82, 2.24) is 14.8 Å². The summed E-state index contributed by atoms with van der Waals surface area (Å²) < 4.78 is 6.34. The number of carbonyl (C=O) groups excluding carboxylic acids is 2. The largest absolute Gasteiger partial charge is 0.460 e. The molecule has 0 aliphatic carbocycles. The molecule has 1 heterocycles. The molecule has 21 heavy (non-hydrogen) atoms. The number of amides is 1. The highest BCUT2D eigenvalue weighted by Gasteiger charge is 2.28. The lowest BCUT2D eigenvalue weighted by molar-refractivity contribution is 0.0511. The molecule has 1 amide bonds. The molecule has 0 bridgehead atoms. The average molecular weight is 297 g/mol. The third kappa shape index (κ3) is 4.55. The van der Waals surface area contributed by atoms with Crippen molar-refractivity contribution in [2.45, 2.75) is 33.7 Å². The zero-order valence-electron chi connectivity index (χ0n) is 12.4. The molecule has 0 radical (unpaired) electrons. The summed E-state index contributed by atoms with van der Waals surface area (Å²) in [6.07, 6.45) is 1.88. The van der Waals surface area contributed by atoms with Gasteiger partial charge in [-0.1, -0.05) is 19.0 Å². The van der Waals surface area contributed by atoms with Crippen LogP contribution in [0.1, 0.15) is 44.4 Å². The monoisotopic (exact) mass is 297 g/mol. The van der Waals surface area contributed by atoms with Crippen LogP contribution in [0.25, 0.3) is 0 Å². The van der Waals surface area contributed by atoms with E-state index in [4.69, 9.17) is 10.5 Å². The van der Waals surface area contributed by atoms with Gasteiger partial charge in [-0.3, -0.25) is 4.84 Å². The van der Waals surface area contributed by atoms with Crippen LogP contribution in [0.2, 0.25) is 0 Å². The molecule has 0 spiro atoms. The molecule has 0 fully saturated rings. The lowest BCUT2D eigenvalue weighted by Gasteiger charge is -2.26. The Kier molecular flexibility index (Phi) is 5.39. The molecule has 0 aromatic carbocycles. The number of oxime groups is 1. The fourth-order valence-corrected chi connectivity index (χ4v) is 1.41. The van der Waals surface area contributed by atoms with E-state index in [0.717, 1.165) is 0 Å². The molecule has 116 valence electrons. The van der Waals surface area contributed by atoms with Crippen molar-refractivity contribution < 1.29 is 19.2 Å². The number of hydrogen-bond acceptors (Lipinski definition) is 7. The summed E-state index contributed by atoms with van der Waals surface area (Å²) >= 11 is 0. The Bertz CT molecular complexity index is 538. The van der Waals surface area contributed by atoms with E-state index in [1.54, 1.807) is 6.92 Å². The Morgan fingerprint density at radius 2 is 2.24 bits per heavy atom. The molecule has 1 atom stereocenters. The fraction of sp³-hybridized carbons (Fsp3) is 0.583.